The lowest BCUT2D eigenvalue weighted by molar-refractivity contribution is -0.137. The van der Waals surface area contributed by atoms with Crippen LogP contribution in [0.1, 0.15) is 12.0 Å². The molecule has 0 radical (unpaired) electrons. The number of benzene rings is 2. The Morgan fingerprint density at radius 3 is 2.33 bits per heavy atom. The van der Waals surface area contributed by atoms with Gasteiger partial charge in [0.1, 0.15) is 10.6 Å². The average molecular weight is 349 g/mol. The molecule has 0 unspecified atom stereocenters. The third-order valence-electron chi connectivity index (χ3n) is 3.46. The van der Waals surface area contributed by atoms with Crippen molar-refractivity contribution in [2.24, 2.45) is 0 Å². The van der Waals surface area contributed by atoms with Gasteiger partial charge in [-0.2, -0.15) is 4.31 Å². The van der Waals surface area contributed by atoms with Gasteiger partial charge in [0, 0.05) is 13.1 Å². The van der Waals surface area contributed by atoms with Gasteiger partial charge in [-0.3, -0.25) is 4.79 Å². The Labute approximate surface area is 141 Å². The van der Waals surface area contributed by atoms with Crippen LogP contribution in [0.3, 0.4) is 0 Å². The van der Waals surface area contributed by atoms with Crippen LogP contribution in [0.5, 0.6) is 5.75 Å². The first kappa shape index (κ1) is 18.0. The molecule has 0 atom stereocenters. The van der Waals surface area contributed by atoms with Gasteiger partial charge in [0.15, 0.2) is 0 Å². The molecule has 0 aliphatic rings. The average Bonchev–Trinajstić information content (AvgIpc) is 2.59. The fourth-order valence-electron chi connectivity index (χ4n) is 2.26. The van der Waals surface area contributed by atoms with Crippen molar-refractivity contribution in [2.75, 3.05) is 13.7 Å². The van der Waals surface area contributed by atoms with Crippen LogP contribution in [0.15, 0.2) is 59.5 Å². The van der Waals surface area contributed by atoms with Gasteiger partial charge < -0.3 is 9.84 Å². The number of carboxylic acid groups (broad SMARTS) is 1. The summed E-state index contributed by atoms with van der Waals surface area (Å²) in [5.74, 6) is -0.825. The molecule has 7 heteroatoms. The van der Waals surface area contributed by atoms with Gasteiger partial charge >= 0.3 is 5.97 Å². The third kappa shape index (κ3) is 4.33. The molecule has 2 rings (SSSR count). The zero-order valence-electron chi connectivity index (χ0n) is 13.3. The van der Waals surface area contributed by atoms with Crippen LogP contribution in [0.2, 0.25) is 0 Å². The summed E-state index contributed by atoms with van der Waals surface area (Å²) in [6, 6.07) is 15.3. The molecule has 0 saturated heterocycles. The van der Waals surface area contributed by atoms with Crippen molar-refractivity contribution >= 4 is 16.0 Å². The summed E-state index contributed by atoms with van der Waals surface area (Å²) < 4.78 is 32.3. The molecule has 0 aromatic heterocycles. The number of para-hydroxylation sites is 1. The van der Waals surface area contributed by atoms with E-state index in [2.05, 4.69) is 0 Å². The summed E-state index contributed by atoms with van der Waals surface area (Å²) in [5, 5.41) is 8.92. The molecule has 0 spiro atoms. The first-order valence-corrected chi connectivity index (χ1v) is 8.78. The lowest BCUT2D eigenvalue weighted by Gasteiger charge is -2.22. The summed E-state index contributed by atoms with van der Waals surface area (Å²) in [6.45, 7) is -0.0287. The minimum atomic E-state index is -3.89. The van der Waals surface area contributed by atoms with Gasteiger partial charge in [0.2, 0.25) is 10.0 Å². The van der Waals surface area contributed by atoms with Crippen LogP contribution in [-0.4, -0.2) is 37.5 Å². The quantitative estimate of drug-likeness (QED) is 0.791. The van der Waals surface area contributed by atoms with Gasteiger partial charge in [0.25, 0.3) is 0 Å². The van der Waals surface area contributed by atoms with Gasteiger partial charge in [0.05, 0.1) is 13.5 Å². The van der Waals surface area contributed by atoms with E-state index in [1.54, 1.807) is 42.5 Å². The van der Waals surface area contributed by atoms with Crippen LogP contribution in [0.25, 0.3) is 0 Å². The fourth-order valence-corrected chi connectivity index (χ4v) is 3.85. The van der Waals surface area contributed by atoms with E-state index in [-0.39, 0.29) is 30.2 Å². The molecule has 1 N–H and O–H groups in total. The van der Waals surface area contributed by atoms with E-state index in [0.717, 1.165) is 9.87 Å². The summed E-state index contributed by atoms with van der Waals surface area (Å²) in [7, 11) is -2.50. The van der Waals surface area contributed by atoms with E-state index >= 15 is 0 Å². The highest BCUT2D eigenvalue weighted by atomic mass is 32.2. The molecule has 0 aliphatic heterocycles. The number of hydrogen-bond acceptors (Lipinski definition) is 4. The largest absolute Gasteiger partial charge is 0.495 e. The second kappa shape index (κ2) is 7.94. The number of rotatable bonds is 8. The zero-order valence-corrected chi connectivity index (χ0v) is 14.1. The van der Waals surface area contributed by atoms with Crippen LogP contribution in [-0.2, 0) is 21.4 Å². The number of methoxy groups -OCH3 is 1. The molecule has 0 bridgehead atoms. The molecule has 0 amide bonds. The second-order valence-electron chi connectivity index (χ2n) is 5.12. The predicted octanol–water partition coefficient (Wildman–Crippen LogP) is 2.36. The highest BCUT2D eigenvalue weighted by molar-refractivity contribution is 7.89. The Kier molecular flexibility index (Phi) is 5.94. The maximum absolute atomic E-state index is 13.0. The van der Waals surface area contributed by atoms with E-state index in [9.17, 15) is 13.2 Å². The van der Waals surface area contributed by atoms with Crippen LogP contribution in [0, 0.1) is 0 Å². The number of carboxylic acids is 1. The topological polar surface area (TPSA) is 83.9 Å². The first-order chi connectivity index (χ1) is 11.4. The Balaban J connectivity index is 2.38. The molecule has 2 aromatic carbocycles. The normalized spacial score (nSPS) is 11.4. The number of aliphatic carboxylic acids is 1. The van der Waals surface area contributed by atoms with E-state index in [1.807, 2.05) is 6.07 Å². The molecule has 24 heavy (non-hydrogen) atoms. The maximum atomic E-state index is 13.0. The second-order valence-corrected chi connectivity index (χ2v) is 7.03. The van der Waals surface area contributed by atoms with E-state index < -0.39 is 16.0 Å². The molecule has 0 fully saturated rings. The monoisotopic (exact) mass is 349 g/mol. The minimum absolute atomic E-state index is 0.0221. The number of sulfonamides is 1. The van der Waals surface area contributed by atoms with E-state index in [1.165, 1.54) is 13.2 Å². The summed E-state index contributed by atoms with van der Waals surface area (Å²) in [6.07, 6.45) is -0.277. The summed E-state index contributed by atoms with van der Waals surface area (Å²) in [4.78, 5) is 10.9. The van der Waals surface area contributed by atoms with Crippen LogP contribution < -0.4 is 4.74 Å². The van der Waals surface area contributed by atoms with Gasteiger partial charge in [-0.25, -0.2) is 8.42 Å². The molecular weight excluding hydrogens is 330 g/mol. The highest BCUT2D eigenvalue weighted by Crippen LogP contribution is 2.27. The van der Waals surface area contributed by atoms with Crippen molar-refractivity contribution < 1.29 is 23.1 Å². The first-order valence-electron chi connectivity index (χ1n) is 7.34. The lowest BCUT2D eigenvalue weighted by atomic mass is 10.2. The Hall–Kier alpha value is -2.38. The molecule has 0 saturated carbocycles. The molecule has 2 aromatic rings. The standard InChI is InChI=1S/C17H19NO5S/c1-23-15-9-5-6-10-16(15)24(21,22)18(12-11-17(19)20)13-14-7-3-2-4-8-14/h2-10H,11-13H2,1H3,(H,19,20). The smallest absolute Gasteiger partial charge is 0.304 e. The number of carbonyl (C=O) groups is 1. The fraction of sp³-hybridized carbons (Fsp3) is 0.235. The number of nitrogens with zero attached hydrogens (tertiary/aromatic N) is 1. The van der Waals surface area contributed by atoms with Crippen LogP contribution in [0.4, 0.5) is 0 Å². The predicted molar refractivity (Wildman–Crippen MR) is 89.3 cm³/mol. The Morgan fingerprint density at radius 2 is 1.71 bits per heavy atom. The summed E-state index contributed by atoms with van der Waals surface area (Å²) >= 11 is 0. The zero-order chi connectivity index (χ0) is 17.6. The molecular formula is C17H19NO5S. The highest BCUT2D eigenvalue weighted by Gasteiger charge is 2.28. The molecule has 0 aliphatic carbocycles. The van der Waals surface area contributed by atoms with Crippen molar-refractivity contribution in [3.8, 4) is 5.75 Å². The van der Waals surface area contributed by atoms with Crippen molar-refractivity contribution in [3.63, 3.8) is 0 Å². The molecule has 6 nitrogen and oxygen atoms in total. The SMILES string of the molecule is COc1ccccc1S(=O)(=O)N(CCC(=O)O)Cc1ccccc1. The van der Waals surface area contributed by atoms with Crippen LogP contribution >= 0.6 is 0 Å². The summed E-state index contributed by atoms with van der Waals surface area (Å²) in [5.41, 5.74) is 0.779. The third-order valence-corrected chi connectivity index (χ3v) is 5.35. The van der Waals surface area contributed by atoms with Gasteiger partial charge in [-0.1, -0.05) is 42.5 Å². The van der Waals surface area contributed by atoms with Crippen molar-refractivity contribution in [1.29, 1.82) is 0 Å². The Bertz CT molecular complexity index is 790. The Morgan fingerprint density at radius 1 is 1.08 bits per heavy atom. The minimum Gasteiger partial charge on any atom is -0.495 e. The van der Waals surface area contributed by atoms with Gasteiger partial charge in [-0.15, -0.1) is 0 Å². The van der Waals surface area contributed by atoms with E-state index in [0.29, 0.717) is 0 Å². The van der Waals surface area contributed by atoms with Crippen molar-refractivity contribution in [1.82, 2.24) is 4.31 Å². The maximum Gasteiger partial charge on any atom is 0.304 e. The molecule has 0 heterocycles. The lowest BCUT2D eigenvalue weighted by Crippen LogP contribution is -2.33. The molecule has 128 valence electrons. The van der Waals surface area contributed by atoms with Gasteiger partial charge in [-0.05, 0) is 17.7 Å². The number of ether oxygens (including phenoxy) is 1. The van der Waals surface area contributed by atoms with E-state index in [4.69, 9.17) is 9.84 Å². The van der Waals surface area contributed by atoms with Crippen molar-refractivity contribution in [2.45, 2.75) is 17.9 Å². The number of hydrogen-bond donors (Lipinski definition) is 1. The van der Waals surface area contributed by atoms with Crippen molar-refractivity contribution in [3.05, 3.63) is 60.2 Å².